The number of aryl methyl sites for hydroxylation is 1. The zero-order chi connectivity index (χ0) is 14.1. The van der Waals surface area contributed by atoms with Gasteiger partial charge in [0.1, 0.15) is 5.69 Å². The fourth-order valence-corrected chi connectivity index (χ4v) is 2.14. The second-order valence-electron chi connectivity index (χ2n) is 4.59. The fraction of sp³-hybridized carbons (Fsp3) is 0.133. The van der Waals surface area contributed by atoms with Crippen molar-refractivity contribution in [2.45, 2.75) is 6.92 Å². The number of hydrogen-bond acceptors (Lipinski definition) is 3. The molecule has 0 unspecified atom stereocenters. The van der Waals surface area contributed by atoms with E-state index in [2.05, 4.69) is 15.1 Å². The highest BCUT2D eigenvalue weighted by Crippen LogP contribution is 2.21. The normalized spacial score (nSPS) is 10.7. The number of rotatable bonds is 2. The second-order valence-corrected chi connectivity index (χ2v) is 4.59. The molecule has 100 valence electrons. The Morgan fingerprint density at radius 3 is 2.55 bits per heavy atom. The Morgan fingerprint density at radius 2 is 1.90 bits per heavy atom. The van der Waals surface area contributed by atoms with Gasteiger partial charge in [0.2, 0.25) is 0 Å². The Hall–Kier alpha value is -2.69. The lowest BCUT2D eigenvalue weighted by atomic mass is 10.1. The van der Waals surface area contributed by atoms with Crippen molar-refractivity contribution >= 4 is 0 Å². The molecule has 3 rings (SSSR count). The van der Waals surface area contributed by atoms with Gasteiger partial charge in [-0.15, -0.1) is 0 Å². The van der Waals surface area contributed by atoms with Gasteiger partial charge in [0, 0.05) is 24.4 Å². The number of hydrogen-bond donors (Lipinski definition) is 1. The third kappa shape index (κ3) is 2.03. The molecule has 3 aromatic rings. The largest absolute Gasteiger partial charge is 0.305 e. The number of nitrogens with zero attached hydrogens (tertiary/aromatic N) is 3. The molecule has 0 atom stereocenters. The molecule has 5 nitrogen and oxygen atoms in total. The van der Waals surface area contributed by atoms with Crippen LogP contribution >= 0.6 is 0 Å². The Kier molecular flexibility index (Phi) is 2.95. The van der Waals surface area contributed by atoms with Gasteiger partial charge in [-0.05, 0) is 13.0 Å². The van der Waals surface area contributed by atoms with Crippen molar-refractivity contribution in [3.8, 4) is 22.8 Å². The third-order valence-corrected chi connectivity index (χ3v) is 3.26. The fourth-order valence-electron chi connectivity index (χ4n) is 2.14. The second kappa shape index (κ2) is 4.77. The van der Waals surface area contributed by atoms with Crippen LogP contribution in [0.1, 0.15) is 5.56 Å². The molecule has 0 saturated heterocycles. The quantitative estimate of drug-likeness (QED) is 0.773. The van der Waals surface area contributed by atoms with E-state index in [0.29, 0.717) is 17.1 Å². The van der Waals surface area contributed by atoms with Gasteiger partial charge in [-0.1, -0.05) is 30.3 Å². The molecule has 0 aliphatic rings. The lowest BCUT2D eigenvalue weighted by molar-refractivity contribution is 0.769. The molecule has 0 spiro atoms. The maximum atomic E-state index is 12.1. The van der Waals surface area contributed by atoms with E-state index in [1.165, 1.54) is 0 Å². The van der Waals surface area contributed by atoms with Crippen LogP contribution in [0.2, 0.25) is 0 Å². The smallest absolute Gasteiger partial charge is 0.254 e. The summed E-state index contributed by atoms with van der Waals surface area (Å²) in [5, 5.41) is 4.10. The minimum absolute atomic E-state index is 0.130. The van der Waals surface area contributed by atoms with E-state index >= 15 is 0 Å². The van der Waals surface area contributed by atoms with Gasteiger partial charge in [0.25, 0.3) is 5.56 Å². The maximum absolute atomic E-state index is 12.1. The van der Waals surface area contributed by atoms with Crippen LogP contribution in [0.4, 0.5) is 0 Å². The lowest BCUT2D eigenvalue weighted by Crippen LogP contribution is -2.15. The predicted molar refractivity (Wildman–Crippen MR) is 77.2 cm³/mol. The number of aromatic nitrogens is 4. The summed E-state index contributed by atoms with van der Waals surface area (Å²) in [5.41, 5.74) is 2.89. The molecule has 0 fully saturated rings. The molecule has 0 saturated carbocycles. The average Bonchev–Trinajstić information content (AvgIpc) is 2.89. The molecule has 1 N–H and O–H groups in total. The predicted octanol–water partition coefficient (Wildman–Crippen LogP) is 2.15. The molecule has 1 aromatic carbocycles. The molecule has 0 aliphatic carbocycles. The standard InChI is InChI=1S/C15H14N4O/c1-10-13(11-6-4-3-5-7-11)17-14(18-15(10)20)12-8-9-16-19(12)2/h3-9H,1-2H3,(H,17,18,20). The van der Waals surface area contributed by atoms with Crippen molar-refractivity contribution in [1.82, 2.24) is 19.7 Å². The van der Waals surface area contributed by atoms with E-state index in [1.54, 1.807) is 17.8 Å². The monoisotopic (exact) mass is 266 g/mol. The average molecular weight is 266 g/mol. The van der Waals surface area contributed by atoms with Crippen LogP contribution in [0.25, 0.3) is 22.8 Å². The Labute approximate surface area is 115 Å². The van der Waals surface area contributed by atoms with E-state index in [4.69, 9.17) is 0 Å². The van der Waals surface area contributed by atoms with Crippen LogP contribution in [-0.2, 0) is 7.05 Å². The molecule has 0 aliphatic heterocycles. The molecule has 5 heteroatoms. The van der Waals surface area contributed by atoms with Gasteiger partial charge in [-0.2, -0.15) is 5.10 Å². The maximum Gasteiger partial charge on any atom is 0.254 e. The first kappa shape index (κ1) is 12.3. The highest BCUT2D eigenvalue weighted by atomic mass is 16.1. The summed E-state index contributed by atoms with van der Waals surface area (Å²) >= 11 is 0. The lowest BCUT2D eigenvalue weighted by Gasteiger charge is -2.08. The van der Waals surface area contributed by atoms with Crippen molar-refractivity contribution < 1.29 is 0 Å². The van der Waals surface area contributed by atoms with Crippen molar-refractivity contribution in [3.05, 3.63) is 58.5 Å². The van der Waals surface area contributed by atoms with Gasteiger partial charge in [-0.3, -0.25) is 9.48 Å². The first-order valence-electron chi connectivity index (χ1n) is 6.31. The van der Waals surface area contributed by atoms with Crippen molar-refractivity contribution in [3.63, 3.8) is 0 Å². The number of benzene rings is 1. The molecular weight excluding hydrogens is 252 g/mol. The summed E-state index contributed by atoms with van der Waals surface area (Å²) in [5.74, 6) is 0.527. The van der Waals surface area contributed by atoms with Crippen molar-refractivity contribution in [1.29, 1.82) is 0 Å². The van der Waals surface area contributed by atoms with Crippen LogP contribution in [0.5, 0.6) is 0 Å². The van der Waals surface area contributed by atoms with E-state index in [9.17, 15) is 4.79 Å². The summed E-state index contributed by atoms with van der Waals surface area (Å²) in [7, 11) is 1.82. The molecule has 20 heavy (non-hydrogen) atoms. The molecule has 0 bridgehead atoms. The summed E-state index contributed by atoms with van der Waals surface area (Å²) < 4.78 is 1.68. The minimum Gasteiger partial charge on any atom is -0.305 e. The minimum atomic E-state index is -0.130. The Balaban J connectivity index is 2.24. The van der Waals surface area contributed by atoms with E-state index < -0.39 is 0 Å². The Morgan fingerprint density at radius 1 is 1.15 bits per heavy atom. The van der Waals surface area contributed by atoms with Gasteiger partial charge >= 0.3 is 0 Å². The summed E-state index contributed by atoms with van der Waals surface area (Å²) in [6.45, 7) is 1.78. The zero-order valence-electron chi connectivity index (χ0n) is 11.3. The summed E-state index contributed by atoms with van der Waals surface area (Å²) in [6.07, 6.45) is 1.68. The molecule has 2 aromatic heterocycles. The molecular formula is C15H14N4O. The summed E-state index contributed by atoms with van der Waals surface area (Å²) in [4.78, 5) is 19.5. The van der Waals surface area contributed by atoms with Crippen LogP contribution in [0.15, 0.2) is 47.4 Å². The van der Waals surface area contributed by atoms with Crippen LogP contribution in [-0.4, -0.2) is 19.7 Å². The highest BCUT2D eigenvalue weighted by molar-refractivity contribution is 5.65. The van der Waals surface area contributed by atoms with Crippen LogP contribution < -0.4 is 5.56 Å². The first-order valence-corrected chi connectivity index (χ1v) is 6.31. The van der Waals surface area contributed by atoms with E-state index in [-0.39, 0.29) is 5.56 Å². The van der Waals surface area contributed by atoms with Gasteiger partial charge < -0.3 is 4.98 Å². The highest BCUT2D eigenvalue weighted by Gasteiger charge is 2.12. The molecule has 0 amide bonds. The van der Waals surface area contributed by atoms with Crippen molar-refractivity contribution in [2.24, 2.45) is 7.05 Å². The number of aromatic amines is 1. The van der Waals surface area contributed by atoms with Crippen LogP contribution in [0, 0.1) is 6.92 Å². The first-order chi connectivity index (χ1) is 9.66. The topological polar surface area (TPSA) is 63.6 Å². The van der Waals surface area contributed by atoms with Gasteiger partial charge in [0.15, 0.2) is 5.82 Å². The van der Waals surface area contributed by atoms with Gasteiger partial charge in [-0.25, -0.2) is 4.98 Å². The number of nitrogens with one attached hydrogen (secondary N) is 1. The van der Waals surface area contributed by atoms with Crippen LogP contribution in [0.3, 0.4) is 0 Å². The van der Waals surface area contributed by atoms with E-state index in [0.717, 1.165) is 11.3 Å². The number of H-pyrrole nitrogens is 1. The van der Waals surface area contributed by atoms with Gasteiger partial charge in [0.05, 0.1) is 5.69 Å². The zero-order valence-corrected chi connectivity index (χ0v) is 11.3. The Bertz CT molecular complexity index is 802. The van der Waals surface area contributed by atoms with E-state index in [1.807, 2.05) is 43.4 Å². The SMILES string of the molecule is Cc1c(-c2ccccc2)nc(-c2ccnn2C)[nH]c1=O. The molecule has 0 radical (unpaired) electrons. The summed E-state index contributed by atoms with van der Waals surface area (Å²) in [6, 6.07) is 11.5. The van der Waals surface area contributed by atoms with Crippen molar-refractivity contribution in [2.75, 3.05) is 0 Å². The third-order valence-electron chi connectivity index (χ3n) is 3.26. The molecule has 2 heterocycles.